The Morgan fingerprint density at radius 2 is 1.71 bits per heavy atom. The highest BCUT2D eigenvalue weighted by Crippen LogP contribution is 2.31. The lowest BCUT2D eigenvalue weighted by atomic mass is 10.1. The maximum Gasteiger partial charge on any atom is 0.126 e. The van der Waals surface area contributed by atoms with Crippen molar-refractivity contribution in [1.29, 1.82) is 0 Å². The minimum Gasteiger partial charge on any atom is -0.496 e. The highest BCUT2D eigenvalue weighted by atomic mass is 79.9. The molecule has 0 N–H and O–H groups in total. The van der Waals surface area contributed by atoms with Crippen molar-refractivity contribution in [2.24, 2.45) is 0 Å². The number of halogens is 3. The monoisotopic (exact) mass is 476 g/mol. The van der Waals surface area contributed by atoms with Crippen LogP contribution in [-0.4, -0.2) is 7.11 Å². The summed E-state index contributed by atoms with van der Waals surface area (Å²) in [6, 6.07) is 10.0. The Kier molecular flexibility index (Phi) is 6.14. The van der Waals surface area contributed by atoms with Gasteiger partial charge in [0.15, 0.2) is 0 Å². The van der Waals surface area contributed by atoms with Crippen molar-refractivity contribution < 1.29 is 9.47 Å². The van der Waals surface area contributed by atoms with E-state index in [9.17, 15) is 0 Å². The minimum atomic E-state index is 0.463. The molecular weight excluding hydrogens is 464 g/mol. The highest BCUT2D eigenvalue weighted by molar-refractivity contribution is 9.10. The highest BCUT2D eigenvalue weighted by Gasteiger charge is 2.10. The average molecular weight is 479 g/mol. The van der Waals surface area contributed by atoms with E-state index < -0.39 is 0 Å². The molecule has 0 aliphatic heterocycles. The molecule has 0 fully saturated rings. The zero-order chi connectivity index (χ0) is 15.4. The van der Waals surface area contributed by atoms with Gasteiger partial charge in [0.05, 0.1) is 7.11 Å². The van der Waals surface area contributed by atoms with Gasteiger partial charge < -0.3 is 9.47 Å². The first kappa shape index (κ1) is 16.8. The van der Waals surface area contributed by atoms with Gasteiger partial charge in [-0.15, -0.1) is 0 Å². The average Bonchev–Trinajstić information content (AvgIpc) is 2.45. The third kappa shape index (κ3) is 4.24. The summed E-state index contributed by atoms with van der Waals surface area (Å²) in [6.07, 6.45) is 0. The van der Waals surface area contributed by atoms with Crippen molar-refractivity contribution >= 4 is 47.8 Å². The number of ether oxygens (including phenoxy) is 2. The van der Waals surface area contributed by atoms with E-state index >= 15 is 0 Å². The topological polar surface area (TPSA) is 18.5 Å². The first-order valence-corrected chi connectivity index (χ1v) is 9.06. The molecule has 5 heteroatoms. The summed E-state index contributed by atoms with van der Waals surface area (Å²) in [6.45, 7) is 2.51. The van der Waals surface area contributed by atoms with Crippen LogP contribution >= 0.6 is 47.8 Å². The van der Waals surface area contributed by atoms with Gasteiger partial charge in [-0.05, 0) is 42.8 Å². The molecule has 0 spiro atoms. The molecule has 0 saturated carbocycles. The van der Waals surface area contributed by atoms with Gasteiger partial charge in [-0.3, -0.25) is 0 Å². The van der Waals surface area contributed by atoms with Crippen LogP contribution in [0.3, 0.4) is 0 Å². The summed E-state index contributed by atoms with van der Waals surface area (Å²) in [5.41, 5.74) is 3.23. The molecule has 0 aliphatic carbocycles. The van der Waals surface area contributed by atoms with Gasteiger partial charge in [0.25, 0.3) is 0 Å². The van der Waals surface area contributed by atoms with Crippen molar-refractivity contribution in [2.45, 2.75) is 18.9 Å². The first-order chi connectivity index (χ1) is 10.0. The summed E-state index contributed by atoms with van der Waals surface area (Å²) in [7, 11) is 1.67. The number of hydrogen-bond donors (Lipinski definition) is 0. The van der Waals surface area contributed by atoms with Gasteiger partial charge in [0.2, 0.25) is 0 Å². The van der Waals surface area contributed by atoms with E-state index in [1.807, 2.05) is 25.1 Å². The summed E-state index contributed by atoms with van der Waals surface area (Å²) in [5.74, 6) is 1.74. The molecule has 2 rings (SSSR count). The molecule has 2 aromatic rings. The molecule has 0 amide bonds. The lowest BCUT2D eigenvalue weighted by Crippen LogP contribution is -2.02. The third-order valence-electron chi connectivity index (χ3n) is 3.07. The molecule has 0 saturated heterocycles. The Morgan fingerprint density at radius 1 is 1.00 bits per heavy atom. The van der Waals surface area contributed by atoms with Crippen LogP contribution < -0.4 is 9.47 Å². The zero-order valence-electron chi connectivity index (χ0n) is 11.8. The standard InChI is InChI=1S/C16H15Br3O2/c1-10-5-14(19)6-11(8-17)16(10)21-9-12-7-13(18)3-4-15(12)20-2/h3-7H,8-9H2,1-2H3. The van der Waals surface area contributed by atoms with E-state index in [0.29, 0.717) is 6.61 Å². The Morgan fingerprint density at radius 3 is 2.38 bits per heavy atom. The molecule has 21 heavy (non-hydrogen) atoms. The van der Waals surface area contributed by atoms with E-state index in [1.54, 1.807) is 7.11 Å². The maximum atomic E-state index is 6.05. The predicted octanol–water partition coefficient (Wildman–Crippen LogP) is 6.00. The van der Waals surface area contributed by atoms with Crippen LogP contribution in [0.25, 0.3) is 0 Å². The summed E-state index contributed by atoms with van der Waals surface area (Å²) in [5, 5.41) is 0.748. The zero-order valence-corrected chi connectivity index (χ0v) is 16.5. The van der Waals surface area contributed by atoms with Crippen LogP contribution in [0.2, 0.25) is 0 Å². The first-order valence-electron chi connectivity index (χ1n) is 6.35. The second kappa shape index (κ2) is 7.65. The van der Waals surface area contributed by atoms with Gasteiger partial charge in [-0.1, -0.05) is 47.8 Å². The van der Waals surface area contributed by atoms with Gasteiger partial charge in [-0.25, -0.2) is 0 Å². The second-order valence-corrected chi connectivity index (χ2v) is 6.98. The summed E-state index contributed by atoms with van der Waals surface area (Å²) < 4.78 is 13.5. The Hall–Kier alpha value is -0.520. The van der Waals surface area contributed by atoms with E-state index in [2.05, 4.69) is 59.9 Å². The number of benzene rings is 2. The Bertz CT molecular complexity index is 642. The minimum absolute atomic E-state index is 0.463. The molecule has 112 valence electrons. The van der Waals surface area contributed by atoms with Crippen LogP contribution in [0.4, 0.5) is 0 Å². The molecule has 0 heterocycles. The molecule has 0 radical (unpaired) electrons. The lowest BCUT2D eigenvalue weighted by molar-refractivity contribution is 0.292. The smallest absolute Gasteiger partial charge is 0.126 e. The predicted molar refractivity (Wildman–Crippen MR) is 96.5 cm³/mol. The van der Waals surface area contributed by atoms with Gasteiger partial charge in [0.1, 0.15) is 18.1 Å². The molecule has 2 aromatic carbocycles. The fourth-order valence-electron chi connectivity index (χ4n) is 2.11. The number of alkyl halides is 1. The maximum absolute atomic E-state index is 6.05. The number of rotatable bonds is 5. The molecule has 0 aromatic heterocycles. The number of hydrogen-bond acceptors (Lipinski definition) is 2. The van der Waals surface area contributed by atoms with Crippen LogP contribution in [0.1, 0.15) is 16.7 Å². The summed E-state index contributed by atoms with van der Waals surface area (Å²) >= 11 is 10.5. The van der Waals surface area contributed by atoms with Crippen LogP contribution in [0.5, 0.6) is 11.5 Å². The molecule has 2 nitrogen and oxygen atoms in total. The van der Waals surface area contributed by atoms with Crippen LogP contribution in [-0.2, 0) is 11.9 Å². The normalized spacial score (nSPS) is 10.5. The van der Waals surface area contributed by atoms with E-state index in [-0.39, 0.29) is 0 Å². The quantitative estimate of drug-likeness (QED) is 0.490. The molecule has 0 aliphatic rings. The van der Waals surface area contributed by atoms with E-state index in [1.165, 1.54) is 0 Å². The molecule has 0 atom stereocenters. The van der Waals surface area contributed by atoms with Crippen molar-refractivity contribution in [3.8, 4) is 11.5 Å². The van der Waals surface area contributed by atoms with Crippen LogP contribution in [0, 0.1) is 6.92 Å². The van der Waals surface area contributed by atoms with Crippen molar-refractivity contribution in [3.63, 3.8) is 0 Å². The summed E-state index contributed by atoms with van der Waals surface area (Å²) in [4.78, 5) is 0. The number of aryl methyl sites for hydroxylation is 1. The number of methoxy groups -OCH3 is 1. The Balaban J connectivity index is 2.26. The fourth-order valence-corrected chi connectivity index (χ4v) is 3.56. The largest absolute Gasteiger partial charge is 0.496 e. The van der Waals surface area contributed by atoms with Gasteiger partial charge in [0, 0.05) is 25.4 Å². The Labute approximate surface area is 150 Å². The van der Waals surface area contributed by atoms with E-state index in [4.69, 9.17) is 9.47 Å². The molecular formula is C16H15Br3O2. The van der Waals surface area contributed by atoms with Gasteiger partial charge in [-0.2, -0.15) is 0 Å². The van der Waals surface area contributed by atoms with Crippen molar-refractivity contribution in [1.82, 2.24) is 0 Å². The molecule has 0 bridgehead atoms. The van der Waals surface area contributed by atoms with E-state index in [0.717, 1.165) is 42.5 Å². The SMILES string of the molecule is COc1ccc(Br)cc1COc1c(C)cc(Br)cc1CBr. The van der Waals surface area contributed by atoms with Crippen LogP contribution in [0.15, 0.2) is 39.3 Å². The second-order valence-electron chi connectivity index (χ2n) is 4.59. The van der Waals surface area contributed by atoms with Gasteiger partial charge >= 0.3 is 0 Å². The molecule has 0 unspecified atom stereocenters. The fraction of sp³-hybridized carbons (Fsp3) is 0.250. The third-order valence-corrected chi connectivity index (χ3v) is 4.63. The van der Waals surface area contributed by atoms with Crippen molar-refractivity contribution in [3.05, 3.63) is 56.0 Å². The van der Waals surface area contributed by atoms with Crippen molar-refractivity contribution in [2.75, 3.05) is 7.11 Å². The lowest BCUT2D eigenvalue weighted by Gasteiger charge is -2.15.